The minimum atomic E-state index is -3.32. The van der Waals surface area contributed by atoms with Gasteiger partial charge in [0.05, 0.1) is 10.6 Å². The Morgan fingerprint density at radius 1 is 1.06 bits per heavy atom. The lowest BCUT2D eigenvalue weighted by Crippen LogP contribution is -2.38. The van der Waals surface area contributed by atoms with Gasteiger partial charge in [-0.2, -0.15) is 0 Å². The van der Waals surface area contributed by atoms with Crippen LogP contribution < -0.4 is 0 Å². The Bertz CT molecular complexity index is 1180. The standard InChI is InChI=1S/C24H27NO5S/c1-5-24(23(26)27,30-6-2)21-16-22(18-12-14-20(15-13-18)31(4,28)29)25(17(21)3)19-10-8-7-9-11-19/h7-16H,5-6H2,1-4H3,(H,26,27). The number of nitrogens with zero attached hydrogens (tertiary/aromatic N) is 1. The van der Waals surface area contributed by atoms with Gasteiger partial charge in [-0.1, -0.05) is 37.3 Å². The molecule has 1 atom stereocenters. The molecule has 3 aromatic rings. The Kier molecular flexibility index (Phi) is 6.38. The molecule has 7 heteroatoms. The number of sulfone groups is 1. The van der Waals surface area contributed by atoms with Crippen LogP contribution in [0.1, 0.15) is 31.5 Å². The van der Waals surface area contributed by atoms with Crippen molar-refractivity contribution in [3.63, 3.8) is 0 Å². The van der Waals surface area contributed by atoms with Crippen molar-refractivity contribution in [2.24, 2.45) is 0 Å². The second-order valence-electron chi connectivity index (χ2n) is 7.41. The smallest absolute Gasteiger partial charge is 0.340 e. The van der Waals surface area contributed by atoms with E-state index in [2.05, 4.69) is 0 Å². The summed E-state index contributed by atoms with van der Waals surface area (Å²) in [6, 6.07) is 18.1. The van der Waals surface area contributed by atoms with Crippen molar-refractivity contribution < 1.29 is 23.1 Å². The maximum atomic E-state index is 12.3. The number of aliphatic carboxylic acids is 1. The van der Waals surface area contributed by atoms with Gasteiger partial charge in [-0.25, -0.2) is 13.2 Å². The first-order chi connectivity index (χ1) is 14.7. The third-order valence-electron chi connectivity index (χ3n) is 5.51. The van der Waals surface area contributed by atoms with E-state index < -0.39 is 21.4 Å². The van der Waals surface area contributed by atoms with Gasteiger partial charge in [-0.3, -0.25) is 0 Å². The molecule has 1 unspecified atom stereocenters. The normalized spacial score (nSPS) is 13.7. The van der Waals surface area contributed by atoms with E-state index >= 15 is 0 Å². The average molecular weight is 442 g/mol. The largest absolute Gasteiger partial charge is 0.479 e. The minimum absolute atomic E-state index is 0.230. The quantitative estimate of drug-likeness (QED) is 0.553. The van der Waals surface area contributed by atoms with Crippen molar-refractivity contribution in [3.8, 4) is 16.9 Å². The lowest BCUT2D eigenvalue weighted by Gasteiger charge is -2.28. The lowest BCUT2D eigenvalue weighted by molar-refractivity contribution is -0.168. The average Bonchev–Trinajstić information content (AvgIpc) is 3.09. The van der Waals surface area contributed by atoms with E-state index in [9.17, 15) is 18.3 Å². The van der Waals surface area contributed by atoms with Crippen LogP contribution in [-0.4, -0.2) is 36.9 Å². The van der Waals surface area contributed by atoms with Crippen LogP contribution in [0.4, 0.5) is 0 Å². The molecule has 0 saturated carbocycles. The highest BCUT2D eigenvalue weighted by Crippen LogP contribution is 2.39. The zero-order valence-electron chi connectivity index (χ0n) is 18.1. The van der Waals surface area contributed by atoms with Gasteiger partial charge in [0.2, 0.25) is 0 Å². The molecule has 6 nitrogen and oxygen atoms in total. The second-order valence-corrected chi connectivity index (χ2v) is 9.43. The number of hydrogen-bond donors (Lipinski definition) is 1. The highest BCUT2D eigenvalue weighted by atomic mass is 32.2. The number of carboxylic acids is 1. The first-order valence-electron chi connectivity index (χ1n) is 10.1. The molecular weight excluding hydrogens is 414 g/mol. The zero-order valence-corrected chi connectivity index (χ0v) is 18.9. The molecule has 0 aliphatic carbocycles. The number of benzene rings is 2. The summed E-state index contributed by atoms with van der Waals surface area (Å²) in [7, 11) is -3.32. The molecule has 0 bridgehead atoms. The molecule has 1 heterocycles. The molecule has 1 aromatic heterocycles. The van der Waals surface area contributed by atoms with Gasteiger partial charge in [0.1, 0.15) is 0 Å². The first-order valence-corrected chi connectivity index (χ1v) is 12.0. The van der Waals surface area contributed by atoms with E-state index in [0.717, 1.165) is 22.6 Å². The Morgan fingerprint density at radius 3 is 2.16 bits per heavy atom. The molecule has 0 saturated heterocycles. The molecule has 1 N–H and O–H groups in total. The summed E-state index contributed by atoms with van der Waals surface area (Å²) in [5.74, 6) is -1.04. The highest BCUT2D eigenvalue weighted by molar-refractivity contribution is 7.90. The second kappa shape index (κ2) is 8.69. The molecule has 0 radical (unpaired) electrons. The van der Waals surface area contributed by atoms with Gasteiger partial charge >= 0.3 is 5.97 Å². The number of hydrogen-bond acceptors (Lipinski definition) is 4. The van der Waals surface area contributed by atoms with Crippen molar-refractivity contribution in [1.82, 2.24) is 4.57 Å². The maximum absolute atomic E-state index is 12.3. The number of aromatic nitrogens is 1. The van der Waals surface area contributed by atoms with Crippen LogP contribution in [0.3, 0.4) is 0 Å². The molecule has 3 rings (SSSR count). The minimum Gasteiger partial charge on any atom is -0.479 e. The summed E-state index contributed by atoms with van der Waals surface area (Å²) in [5, 5.41) is 10.1. The molecule has 0 fully saturated rings. The van der Waals surface area contributed by atoms with Crippen LogP contribution in [0.25, 0.3) is 16.9 Å². The molecule has 31 heavy (non-hydrogen) atoms. The summed E-state index contributed by atoms with van der Waals surface area (Å²) < 4.78 is 31.5. The Labute approximate surface area is 183 Å². The summed E-state index contributed by atoms with van der Waals surface area (Å²) in [6.07, 6.45) is 1.43. The number of ether oxygens (including phenoxy) is 1. The van der Waals surface area contributed by atoms with E-state index in [0.29, 0.717) is 5.56 Å². The third kappa shape index (κ3) is 4.16. The molecular formula is C24H27NO5S. The van der Waals surface area contributed by atoms with Crippen molar-refractivity contribution >= 4 is 15.8 Å². The monoisotopic (exact) mass is 441 g/mol. The number of para-hydroxylation sites is 1. The van der Waals surface area contributed by atoms with Crippen LogP contribution in [0, 0.1) is 6.92 Å². The summed E-state index contributed by atoms with van der Waals surface area (Å²) in [4.78, 5) is 12.6. The molecule has 0 amide bonds. The molecule has 0 spiro atoms. The van der Waals surface area contributed by atoms with E-state index in [4.69, 9.17) is 4.74 Å². The summed E-state index contributed by atoms with van der Waals surface area (Å²) in [5.41, 5.74) is 2.28. The molecule has 0 aliphatic rings. The summed E-state index contributed by atoms with van der Waals surface area (Å²) >= 11 is 0. The van der Waals surface area contributed by atoms with E-state index in [1.165, 1.54) is 6.26 Å². The van der Waals surface area contributed by atoms with E-state index in [1.807, 2.05) is 47.9 Å². The van der Waals surface area contributed by atoms with E-state index in [1.54, 1.807) is 38.1 Å². The van der Waals surface area contributed by atoms with Crippen molar-refractivity contribution in [1.29, 1.82) is 0 Å². The van der Waals surface area contributed by atoms with Gasteiger partial charge in [0.25, 0.3) is 0 Å². The number of carboxylic acid groups (broad SMARTS) is 1. The Hall–Kier alpha value is -2.90. The Morgan fingerprint density at radius 2 is 1.68 bits per heavy atom. The number of carbonyl (C=O) groups is 1. The van der Waals surface area contributed by atoms with E-state index in [-0.39, 0.29) is 17.9 Å². The topological polar surface area (TPSA) is 85.6 Å². The van der Waals surface area contributed by atoms with Crippen LogP contribution in [0.2, 0.25) is 0 Å². The zero-order chi connectivity index (χ0) is 22.8. The van der Waals surface area contributed by atoms with Gasteiger partial charge in [-0.15, -0.1) is 0 Å². The highest BCUT2D eigenvalue weighted by Gasteiger charge is 2.42. The van der Waals surface area contributed by atoms with Gasteiger partial charge in [0.15, 0.2) is 15.4 Å². The predicted octanol–water partition coefficient (Wildman–Crippen LogP) is 4.58. The van der Waals surface area contributed by atoms with Gasteiger partial charge < -0.3 is 14.4 Å². The fourth-order valence-corrected chi connectivity index (χ4v) is 4.59. The number of rotatable bonds is 8. The summed E-state index contributed by atoms with van der Waals surface area (Å²) in [6.45, 7) is 5.71. The SMILES string of the molecule is CCOC(CC)(C(=O)O)c1cc(-c2ccc(S(C)(=O)=O)cc2)n(-c2ccccc2)c1C. The molecule has 0 aliphatic heterocycles. The van der Waals surface area contributed by atoms with Crippen molar-refractivity contribution in [2.45, 2.75) is 37.7 Å². The predicted molar refractivity (Wildman–Crippen MR) is 120 cm³/mol. The van der Waals surface area contributed by atoms with Crippen molar-refractivity contribution in [3.05, 3.63) is 71.9 Å². The van der Waals surface area contributed by atoms with Gasteiger partial charge in [0, 0.05) is 29.8 Å². The third-order valence-corrected chi connectivity index (χ3v) is 6.64. The van der Waals surface area contributed by atoms with Crippen LogP contribution in [0.5, 0.6) is 0 Å². The Balaban J connectivity index is 2.31. The molecule has 164 valence electrons. The van der Waals surface area contributed by atoms with Crippen LogP contribution >= 0.6 is 0 Å². The van der Waals surface area contributed by atoms with Gasteiger partial charge in [-0.05, 0) is 56.2 Å². The maximum Gasteiger partial charge on any atom is 0.340 e. The van der Waals surface area contributed by atoms with Crippen LogP contribution in [0.15, 0.2) is 65.6 Å². The first kappa shape index (κ1) is 22.8. The van der Waals surface area contributed by atoms with Crippen molar-refractivity contribution in [2.75, 3.05) is 12.9 Å². The lowest BCUT2D eigenvalue weighted by atomic mass is 9.90. The fourth-order valence-electron chi connectivity index (χ4n) is 3.96. The molecule has 2 aromatic carbocycles. The van der Waals surface area contributed by atoms with Crippen LogP contribution in [-0.2, 0) is 25.0 Å². The fraction of sp³-hybridized carbons (Fsp3) is 0.292.